The molecule has 1 saturated heterocycles. The number of benzene rings is 1. The first-order valence-electron chi connectivity index (χ1n) is 16.9. The molecule has 16 heteroatoms. The molecule has 50 heavy (non-hydrogen) atoms. The molecule has 0 bridgehead atoms. The van der Waals surface area contributed by atoms with Crippen LogP contribution in [0, 0.1) is 5.92 Å². The van der Waals surface area contributed by atoms with Crippen LogP contribution in [0.3, 0.4) is 0 Å². The number of ether oxygens (including phenoxy) is 3. The lowest BCUT2D eigenvalue weighted by molar-refractivity contribution is -0.145. The van der Waals surface area contributed by atoms with Crippen LogP contribution < -0.4 is 24.8 Å². The SMILES string of the molecule is CC[C@@H]1O[C@H](C)CCC=C[C@@H]2C[C@@]2(C(=O)NS(=O)(=O)C2CC2)NC(=O)[C@@H]2C[C@@H](Oc3nccc4cc(OC)ccc34)CN2C(=O)[C@H]1NC(=O)O. The van der Waals surface area contributed by atoms with Gasteiger partial charge in [-0.25, -0.2) is 18.2 Å². The third-order valence-corrected chi connectivity index (χ3v) is 11.7. The van der Waals surface area contributed by atoms with Gasteiger partial charge in [0.15, 0.2) is 0 Å². The molecule has 7 atom stereocenters. The van der Waals surface area contributed by atoms with Gasteiger partial charge in [0, 0.05) is 23.9 Å². The second kappa shape index (κ2) is 14.1. The van der Waals surface area contributed by atoms with E-state index < -0.39 is 74.8 Å². The lowest BCUT2D eigenvalue weighted by Gasteiger charge is -2.33. The number of hydrogen-bond donors (Lipinski definition) is 4. The third kappa shape index (κ3) is 7.36. The Morgan fingerprint density at radius 2 is 1.98 bits per heavy atom. The smallest absolute Gasteiger partial charge is 0.405 e. The first-order chi connectivity index (χ1) is 23.8. The lowest BCUT2D eigenvalue weighted by Crippen LogP contribution is -2.60. The van der Waals surface area contributed by atoms with Crippen LogP contribution in [0.15, 0.2) is 42.6 Å². The Morgan fingerprint density at radius 1 is 1.20 bits per heavy atom. The number of fused-ring (bicyclic) bond motifs is 3. The summed E-state index contributed by atoms with van der Waals surface area (Å²) in [5.41, 5.74) is -1.55. The molecule has 2 aliphatic carbocycles. The molecular weight excluding hydrogens is 670 g/mol. The van der Waals surface area contributed by atoms with Gasteiger partial charge in [-0.2, -0.15) is 0 Å². The normalized spacial score (nSPS) is 30.3. The largest absolute Gasteiger partial charge is 0.497 e. The maximum absolute atomic E-state index is 14.4. The van der Waals surface area contributed by atoms with E-state index in [4.69, 9.17) is 14.2 Å². The molecule has 4 N–H and O–H groups in total. The Morgan fingerprint density at radius 3 is 2.68 bits per heavy atom. The van der Waals surface area contributed by atoms with Gasteiger partial charge in [0.05, 0.1) is 31.1 Å². The number of sulfonamides is 1. The first-order valence-corrected chi connectivity index (χ1v) is 18.5. The number of carboxylic acid groups (broad SMARTS) is 1. The number of carbonyl (C=O) groups is 4. The molecule has 270 valence electrons. The number of rotatable bonds is 8. The fourth-order valence-corrected chi connectivity index (χ4v) is 8.21. The summed E-state index contributed by atoms with van der Waals surface area (Å²) in [6.45, 7) is 3.50. The molecule has 3 fully saturated rings. The Labute approximate surface area is 290 Å². The summed E-state index contributed by atoms with van der Waals surface area (Å²) < 4.78 is 45.6. The molecule has 4 amide bonds. The summed E-state index contributed by atoms with van der Waals surface area (Å²) in [5, 5.41) is 15.7. The van der Waals surface area contributed by atoms with E-state index in [0.717, 1.165) is 5.39 Å². The van der Waals surface area contributed by atoms with E-state index in [1.807, 2.05) is 19.1 Å². The molecule has 2 aromatic rings. The topological polar surface area (TPSA) is 203 Å². The number of hydrogen-bond acceptors (Lipinski definition) is 10. The quantitative estimate of drug-likeness (QED) is 0.292. The van der Waals surface area contributed by atoms with E-state index in [0.29, 0.717) is 43.2 Å². The van der Waals surface area contributed by atoms with Crippen LogP contribution >= 0.6 is 0 Å². The van der Waals surface area contributed by atoms with E-state index in [1.165, 1.54) is 4.90 Å². The van der Waals surface area contributed by atoms with Crippen LogP contribution in [-0.4, -0.2) is 102 Å². The predicted octanol–water partition coefficient (Wildman–Crippen LogP) is 2.24. The van der Waals surface area contributed by atoms with Gasteiger partial charge in [-0.1, -0.05) is 19.1 Å². The molecule has 2 aliphatic heterocycles. The van der Waals surface area contributed by atoms with Crippen molar-refractivity contribution in [1.82, 2.24) is 25.2 Å². The zero-order chi connectivity index (χ0) is 35.8. The van der Waals surface area contributed by atoms with Gasteiger partial charge < -0.3 is 34.9 Å². The molecule has 0 radical (unpaired) electrons. The van der Waals surface area contributed by atoms with Gasteiger partial charge in [-0.05, 0) is 75.1 Å². The van der Waals surface area contributed by atoms with Crippen molar-refractivity contribution in [3.05, 3.63) is 42.6 Å². The molecule has 15 nitrogen and oxygen atoms in total. The minimum Gasteiger partial charge on any atom is -0.497 e. The second-order valence-corrected chi connectivity index (χ2v) is 15.4. The van der Waals surface area contributed by atoms with E-state index in [9.17, 15) is 32.7 Å². The van der Waals surface area contributed by atoms with Gasteiger partial charge in [0.25, 0.3) is 5.91 Å². The molecule has 6 rings (SSSR count). The lowest BCUT2D eigenvalue weighted by atomic mass is 10.0. The van der Waals surface area contributed by atoms with Gasteiger partial charge >= 0.3 is 6.09 Å². The van der Waals surface area contributed by atoms with Crippen molar-refractivity contribution in [2.45, 2.75) is 100.0 Å². The molecule has 0 unspecified atom stereocenters. The zero-order valence-corrected chi connectivity index (χ0v) is 29.0. The second-order valence-electron chi connectivity index (χ2n) is 13.5. The number of nitrogens with one attached hydrogen (secondary N) is 3. The molecule has 3 heterocycles. The van der Waals surface area contributed by atoms with Crippen LogP contribution in [-0.2, 0) is 29.1 Å². The predicted molar refractivity (Wildman–Crippen MR) is 180 cm³/mol. The van der Waals surface area contributed by atoms with Crippen molar-refractivity contribution in [1.29, 1.82) is 0 Å². The minimum atomic E-state index is -3.91. The maximum atomic E-state index is 14.4. The minimum absolute atomic E-state index is 0.0157. The summed E-state index contributed by atoms with van der Waals surface area (Å²) in [6, 6.07) is 4.61. The fourth-order valence-electron chi connectivity index (χ4n) is 6.84. The van der Waals surface area contributed by atoms with Gasteiger partial charge in [-0.3, -0.25) is 19.1 Å². The molecule has 1 aromatic carbocycles. The average Bonchev–Trinajstić information content (AvgIpc) is 4.01. The highest BCUT2D eigenvalue weighted by atomic mass is 32.2. The Balaban J connectivity index is 1.34. The Bertz CT molecular complexity index is 1800. The standard InChI is InChI=1S/C34H43N5O10S/c1-4-27-28(36-33(43)44)31(41)39-18-23(49-30-25-12-9-22(47-3)15-20(25)13-14-35-30)16-26(39)29(40)37-34(32(42)38-50(45,46)24-10-11-24)17-21(34)8-6-5-7-19(2)48-27/h6,8-9,12-15,19,21,23-24,26-28,36H,4-5,7,10-11,16-18H2,1-3H3,(H,37,40)(H,38,42)(H,43,44)/t19-,21-,23-,26+,27+,28+,34-/m1/s1. The Kier molecular flexibility index (Phi) is 9.95. The van der Waals surface area contributed by atoms with Crippen LogP contribution in [0.4, 0.5) is 4.79 Å². The van der Waals surface area contributed by atoms with Gasteiger partial charge in [0.1, 0.15) is 29.5 Å². The van der Waals surface area contributed by atoms with Crippen LogP contribution in [0.1, 0.15) is 58.8 Å². The number of carbonyl (C=O) groups excluding carboxylic acids is 3. The van der Waals surface area contributed by atoms with E-state index >= 15 is 0 Å². The van der Waals surface area contributed by atoms with Crippen molar-refractivity contribution >= 4 is 44.6 Å². The Hall–Kier alpha value is -4.44. The molecule has 2 saturated carbocycles. The van der Waals surface area contributed by atoms with Crippen molar-refractivity contribution < 1.29 is 46.9 Å². The van der Waals surface area contributed by atoms with Crippen molar-refractivity contribution in [3.8, 4) is 11.6 Å². The fraction of sp³-hybridized carbons (Fsp3) is 0.559. The van der Waals surface area contributed by atoms with E-state index in [2.05, 4.69) is 20.3 Å². The highest BCUT2D eigenvalue weighted by molar-refractivity contribution is 7.91. The number of nitrogens with zero attached hydrogens (tertiary/aromatic N) is 2. The van der Waals surface area contributed by atoms with Crippen LogP contribution in [0.25, 0.3) is 10.8 Å². The zero-order valence-electron chi connectivity index (χ0n) is 28.2. The molecular formula is C34H43N5O10S. The van der Waals surface area contributed by atoms with Crippen LogP contribution in [0.5, 0.6) is 11.6 Å². The monoisotopic (exact) mass is 713 g/mol. The van der Waals surface area contributed by atoms with E-state index in [1.54, 1.807) is 44.5 Å². The van der Waals surface area contributed by atoms with Crippen molar-refractivity contribution in [3.63, 3.8) is 0 Å². The van der Waals surface area contributed by atoms with Gasteiger partial charge in [0.2, 0.25) is 27.7 Å². The number of pyridine rings is 1. The summed E-state index contributed by atoms with van der Waals surface area (Å²) in [4.78, 5) is 59.9. The van der Waals surface area contributed by atoms with Crippen molar-refractivity contribution in [2.24, 2.45) is 5.92 Å². The number of aromatic nitrogens is 1. The number of amides is 4. The molecule has 4 aliphatic rings. The highest BCUT2D eigenvalue weighted by Gasteiger charge is 2.62. The summed E-state index contributed by atoms with van der Waals surface area (Å²) >= 11 is 0. The summed E-state index contributed by atoms with van der Waals surface area (Å²) in [6.07, 6.45) is 4.24. The van der Waals surface area contributed by atoms with Crippen LogP contribution in [0.2, 0.25) is 0 Å². The average molecular weight is 714 g/mol. The molecule has 1 aromatic heterocycles. The highest BCUT2D eigenvalue weighted by Crippen LogP contribution is 2.46. The molecule has 0 spiro atoms. The summed E-state index contributed by atoms with van der Waals surface area (Å²) in [7, 11) is -2.35. The van der Waals surface area contributed by atoms with Gasteiger partial charge in [-0.15, -0.1) is 0 Å². The number of allylic oxidation sites excluding steroid dienone is 1. The third-order valence-electron chi connectivity index (χ3n) is 9.86. The first kappa shape index (κ1) is 35.4. The maximum Gasteiger partial charge on any atom is 0.405 e. The number of methoxy groups -OCH3 is 1. The summed E-state index contributed by atoms with van der Waals surface area (Å²) in [5.74, 6) is -1.79. The van der Waals surface area contributed by atoms with Crippen molar-refractivity contribution in [2.75, 3.05) is 13.7 Å². The van der Waals surface area contributed by atoms with E-state index in [-0.39, 0.29) is 31.4 Å².